The minimum atomic E-state index is -0.279. The predicted octanol–water partition coefficient (Wildman–Crippen LogP) is 2.01. The summed E-state index contributed by atoms with van der Waals surface area (Å²) in [5, 5.41) is 12.3. The van der Waals surface area contributed by atoms with Crippen LogP contribution in [-0.2, 0) is 0 Å². The van der Waals surface area contributed by atoms with Gasteiger partial charge in [-0.3, -0.25) is 4.79 Å². The molecule has 3 nitrogen and oxygen atoms in total. The molecule has 3 heteroatoms. The number of para-hydroxylation sites is 1. The van der Waals surface area contributed by atoms with Crippen LogP contribution in [0.15, 0.2) is 30.4 Å². The van der Waals surface area contributed by atoms with Gasteiger partial charge >= 0.3 is 0 Å². The van der Waals surface area contributed by atoms with Crippen LogP contribution in [0.4, 0.5) is 0 Å². The Morgan fingerprint density at radius 3 is 2.80 bits per heavy atom. The van der Waals surface area contributed by atoms with Gasteiger partial charge in [0.2, 0.25) is 0 Å². The smallest absolute Gasteiger partial charge is 0.255 e. The lowest BCUT2D eigenvalue weighted by Gasteiger charge is -2.07. The van der Waals surface area contributed by atoms with E-state index in [0.29, 0.717) is 17.7 Å². The second-order valence-corrected chi connectivity index (χ2v) is 3.61. The van der Waals surface area contributed by atoms with Gasteiger partial charge in [-0.2, -0.15) is 0 Å². The van der Waals surface area contributed by atoms with Gasteiger partial charge < -0.3 is 10.4 Å². The maximum absolute atomic E-state index is 11.6. The molecular formula is C12H15NO2. The SMILES string of the molecule is C=C(C)CNC(=O)c1cccc(C)c1O. The number of nitrogens with one attached hydrogen (secondary N) is 1. The Hall–Kier alpha value is -1.77. The lowest BCUT2D eigenvalue weighted by atomic mass is 10.1. The Balaban J connectivity index is 2.82. The van der Waals surface area contributed by atoms with Crippen LogP contribution < -0.4 is 5.32 Å². The third-order valence-corrected chi connectivity index (χ3v) is 2.03. The summed E-state index contributed by atoms with van der Waals surface area (Å²) in [6.07, 6.45) is 0. The maximum Gasteiger partial charge on any atom is 0.255 e. The molecule has 0 spiro atoms. The molecule has 0 unspecified atom stereocenters. The van der Waals surface area contributed by atoms with Crippen LogP contribution >= 0.6 is 0 Å². The second-order valence-electron chi connectivity index (χ2n) is 3.61. The van der Waals surface area contributed by atoms with Crippen molar-refractivity contribution in [3.05, 3.63) is 41.5 Å². The Bertz CT molecular complexity index is 397. The van der Waals surface area contributed by atoms with Crippen LogP contribution in [0.2, 0.25) is 0 Å². The molecule has 0 radical (unpaired) electrons. The third-order valence-electron chi connectivity index (χ3n) is 2.03. The van der Waals surface area contributed by atoms with Crippen LogP contribution in [0, 0.1) is 6.92 Å². The molecule has 0 atom stereocenters. The van der Waals surface area contributed by atoms with Gasteiger partial charge in [0.1, 0.15) is 5.75 Å². The molecule has 1 rings (SSSR count). The van der Waals surface area contributed by atoms with Crippen LogP contribution in [0.5, 0.6) is 5.75 Å². The van der Waals surface area contributed by atoms with Gasteiger partial charge in [0, 0.05) is 6.54 Å². The van der Waals surface area contributed by atoms with Crippen LogP contribution in [0.25, 0.3) is 0 Å². The first-order valence-corrected chi connectivity index (χ1v) is 4.73. The normalized spacial score (nSPS) is 9.73. The van der Waals surface area contributed by atoms with Gasteiger partial charge in [-0.25, -0.2) is 0 Å². The average Bonchev–Trinajstić information content (AvgIpc) is 2.18. The summed E-state index contributed by atoms with van der Waals surface area (Å²) in [4.78, 5) is 11.6. The van der Waals surface area contributed by atoms with Crippen molar-refractivity contribution >= 4 is 5.91 Å². The van der Waals surface area contributed by atoms with E-state index >= 15 is 0 Å². The Labute approximate surface area is 89.4 Å². The van der Waals surface area contributed by atoms with E-state index in [4.69, 9.17) is 0 Å². The minimum absolute atomic E-state index is 0.0386. The largest absolute Gasteiger partial charge is 0.507 e. The summed E-state index contributed by atoms with van der Waals surface area (Å²) in [5.41, 5.74) is 1.87. The summed E-state index contributed by atoms with van der Waals surface area (Å²) in [7, 11) is 0. The lowest BCUT2D eigenvalue weighted by molar-refractivity contribution is 0.0954. The molecule has 0 aliphatic heterocycles. The minimum Gasteiger partial charge on any atom is -0.507 e. The van der Waals surface area contributed by atoms with Crippen molar-refractivity contribution in [2.24, 2.45) is 0 Å². The fourth-order valence-electron chi connectivity index (χ4n) is 1.17. The zero-order chi connectivity index (χ0) is 11.4. The van der Waals surface area contributed by atoms with E-state index in [1.807, 2.05) is 6.92 Å². The number of amides is 1. The lowest BCUT2D eigenvalue weighted by Crippen LogP contribution is -2.24. The molecule has 0 saturated carbocycles. The summed E-state index contributed by atoms with van der Waals surface area (Å²) >= 11 is 0. The molecule has 0 saturated heterocycles. The van der Waals surface area contributed by atoms with Crippen molar-refractivity contribution in [3.63, 3.8) is 0 Å². The van der Waals surface area contributed by atoms with E-state index in [1.54, 1.807) is 25.1 Å². The van der Waals surface area contributed by atoms with Gasteiger partial charge in [0.05, 0.1) is 5.56 Å². The Morgan fingerprint density at radius 2 is 2.20 bits per heavy atom. The van der Waals surface area contributed by atoms with E-state index < -0.39 is 0 Å². The van der Waals surface area contributed by atoms with Crippen molar-refractivity contribution in [1.29, 1.82) is 0 Å². The van der Waals surface area contributed by atoms with Crippen LogP contribution in [-0.4, -0.2) is 17.6 Å². The van der Waals surface area contributed by atoms with Crippen LogP contribution in [0.1, 0.15) is 22.8 Å². The van der Waals surface area contributed by atoms with Crippen molar-refractivity contribution in [3.8, 4) is 5.75 Å². The van der Waals surface area contributed by atoms with Crippen LogP contribution in [0.3, 0.4) is 0 Å². The van der Waals surface area contributed by atoms with Gasteiger partial charge in [-0.15, -0.1) is 0 Å². The molecule has 0 fully saturated rings. The molecule has 2 N–H and O–H groups in total. The van der Waals surface area contributed by atoms with Gasteiger partial charge in [0.25, 0.3) is 5.91 Å². The molecule has 0 aliphatic carbocycles. The molecule has 0 bridgehead atoms. The van der Waals surface area contributed by atoms with E-state index in [0.717, 1.165) is 5.57 Å². The highest BCUT2D eigenvalue weighted by Gasteiger charge is 2.11. The molecule has 15 heavy (non-hydrogen) atoms. The number of benzene rings is 1. The standard InChI is InChI=1S/C12H15NO2/c1-8(2)7-13-12(15)10-6-4-5-9(3)11(10)14/h4-6,14H,1,7H2,2-3H3,(H,13,15). The summed E-state index contributed by atoms with van der Waals surface area (Å²) in [6.45, 7) is 7.69. The topological polar surface area (TPSA) is 49.3 Å². The highest BCUT2D eigenvalue weighted by atomic mass is 16.3. The van der Waals surface area contributed by atoms with Crippen molar-refractivity contribution in [2.75, 3.05) is 6.54 Å². The molecule has 80 valence electrons. The van der Waals surface area contributed by atoms with Crippen molar-refractivity contribution in [2.45, 2.75) is 13.8 Å². The first kappa shape index (κ1) is 11.3. The van der Waals surface area contributed by atoms with Gasteiger partial charge in [-0.05, 0) is 25.5 Å². The number of hydrogen-bond donors (Lipinski definition) is 2. The molecule has 1 aromatic carbocycles. The number of phenolic OH excluding ortho intramolecular Hbond substituents is 1. The average molecular weight is 205 g/mol. The summed E-state index contributed by atoms with van der Waals surface area (Å²) < 4.78 is 0. The maximum atomic E-state index is 11.6. The fraction of sp³-hybridized carbons (Fsp3) is 0.250. The molecular weight excluding hydrogens is 190 g/mol. The predicted molar refractivity (Wildman–Crippen MR) is 60.0 cm³/mol. The van der Waals surface area contributed by atoms with E-state index in [9.17, 15) is 9.90 Å². The number of carbonyl (C=O) groups excluding carboxylic acids is 1. The van der Waals surface area contributed by atoms with Crippen molar-refractivity contribution < 1.29 is 9.90 Å². The Morgan fingerprint density at radius 1 is 1.53 bits per heavy atom. The summed E-state index contributed by atoms with van der Waals surface area (Å²) in [6, 6.07) is 5.09. The quantitative estimate of drug-likeness (QED) is 0.741. The third kappa shape index (κ3) is 2.84. The van der Waals surface area contributed by atoms with E-state index in [-0.39, 0.29) is 11.7 Å². The first-order valence-electron chi connectivity index (χ1n) is 4.73. The number of carbonyl (C=O) groups is 1. The Kier molecular flexibility index (Phi) is 3.50. The second kappa shape index (κ2) is 4.64. The molecule has 0 heterocycles. The summed E-state index contributed by atoms with van der Waals surface area (Å²) in [5.74, 6) is -0.240. The molecule has 1 aromatic rings. The number of rotatable bonds is 3. The highest BCUT2D eigenvalue weighted by molar-refractivity contribution is 5.97. The van der Waals surface area contributed by atoms with E-state index in [2.05, 4.69) is 11.9 Å². The monoisotopic (exact) mass is 205 g/mol. The number of aromatic hydroxyl groups is 1. The zero-order valence-electron chi connectivity index (χ0n) is 9.00. The first-order chi connectivity index (χ1) is 7.02. The molecule has 1 amide bonds. The molecule has 0 aliphatic rings. The fourth-order valence-corrected chi connectivity index (χ4v) is 1.17. The van der Waals surface area contributed by atoms with Gasteiger partial charge in [-0.1, -0.05) is 24.3 Å². The van der Waals surface area contributed by atoms with Gasteiger partial charge in [0.15, 0.2) is 0 Å². The molecule has 0 aromatic heterocycles. The number of phenols is 1. The zero-order valence-corrected chi connectivity index (χ0v) is 9.00. The number of hydrogen-bond acceptors (Lipinski definition) is 2. The number of aryl methyl sites for hydroxylation is 1. The highest BCUT2D eigenvalue weighted by Crippen LogP contribution is 2.20. The van der Waals surface area contributed by atoms with E-state index in [1.165, 1.54) is 0 Å². The van der Waals surface area contributed by atoms with Crippen molar-refractivity contribution in [1.82, 2.24) is 5.32 Å².